The van der Waals surface area contributed by atoms with Gasteiger partial charge in [0, 0.05) is 6.54 Å². The summed E-state index contributed by atoms with van der Waals surface area (Å²) in [7, 11) is -3.36. The van der Waals surface area contributed by atoms with E-state index in [2.05, 4.69) is 15.3 Å². The van der Waals surface area contributed by atoms with E-state index in [4.69, 9.17) is 23.2 Å². The van der Waals surface area contributed by atoms with Crippen LogP contribution in [-0.2, 0) is 16.4 Å². The van der Waals surface area contributed by atoms with Crippen LogP contribution in [0.1, 0.15) is 11.1 Å². The fraction of sp³-hybridized carbons (Fsp3) is 0.286. The molecule has 9 heteroatoms. The molecule has 3 rings (SSSR count). The number of halogens is 2. The SMILES string of the molecule is Cc1ccc(Nc2nc(Cl)ncc2Cl)c2c1CCN2S(C)(=O)=O. The zero-order chi connectivity index (χ0) is 16.8. The van der Waals surface area contributed by atoms with Crippen LogP contribution in [0.4, 0.5) is 17.2 Å². The lowest BCUT2D eigenvalue weighted by atomic mass is 10.1. The van der Waals surface area contributed by atoms with Crippen molar-refractivity contribution >= 4 is 50.4 Å². The number of nitrogens with one attached hydrogen (secondary N) is 1. The molecular weight excluding hydrogens is 359 g/mol. The molecule has 1 aliphatic rings. The van der Waals surface area contributed by atoms with Gasteiger partial charge >= 0.3 is 0 Å². The van der Waals surface area contributed by atoms with Crippen molar-refractivity contribution in [1.82, 2.24) is 9.97 Å². The standard InChI is InChI=1S/C14H14Cl2N4O2S/c1-8-3-4-11(18-13-10(15)7-17-14(16)19-13)12-9(8)5-6-20(12)23(2,21)22/h3-4,7H,5-6H2,1-2H3,(H,17,18,19). The molecule has 0 unspecified atom stereocenters. The molecular formula is C14H14Cl2N4O2S. The number of aromatic nitrogens is 2. The van der Waals surface area contributed by atoms with Crippen molar-refractivity contribution in [2.24, 2.45) is 0 Å². The predicted molar refractivity (Wildman–Crippen MR) is 92.4 cm³/mol. The number of hydrogen-bond acceptors (Lipinski definition) is 5. The first-order valence-corrected chi connectivity index (χ1v) is 9.43. The van der Waals surface area contributed by atoms with Gasteiger partial charge in [0.25, 0.3) is 0 Å². The Labute approximate surface area is 144 Å². The molecule has 0 saturated heterocycles. The minimum atomic E-state index is -3.36. The van der Waals surface area contributed by atoms with Gasteiger partial charge < -0.3 is 5.32 Å². The van der Waals surface area contributed by atoms with Crippen LogP contribution in [0.25, 0.3) is 0 Å². The smallest absolute Gasteiger partial charge is 0.232 e. The van der Waals surface area contributed by atoms with Gasteiger partial charge in [0.1, 0.15) is 5.02 Å². The van der Waals surface area contributed by atoms with Gasteiger partial charge in [0.15, 0.2) is 5.82 Å². The molecule has 0 bridgehead atoms. The van der Waals surface area contributed by atoms with Crippen LogP contribution < -0.4 is 9.62 Å². The molecule has 6 nitrogen and oxygen atoms in total. The molecule has 1 aliphatic heterocycles. The molecule has 2 heterocycles. The van der Waals surface area contributed by atoms with E-state index in [1.54, 1.807) is 0 Å². The van der Waals surface area contributed by atoms with Crippen molar-refractivity contribution in [3.63, 3.8) is 0 Å². The maximum Gasteiger partial charge on any atom is 0.232 e. The second-order valence-electron chi connectivity index (χ2n) is 5.30. The highest BCUT2D eigenvalue weighted by atomic mass is 35.5. The third-order valence-corrected chi connectivity index (χ3v) is 5.32. The molecule has 0 amide bonds. The van der Waals surface area contributed by atoms with E-state index < -0.39 is 10.0 Å². The molecule has 1 aromatic heterocycles. The van der Waals surface area contributed by atoms with Crippen molar-refractivity contribution in [3.05, 3.63) is 39.8 Å². The van der Waals surface area contributed by atoms with Crippen molar-refractivity contribution < 1.29 is 8.42 Å². The molecule has 1 aromatic carbocycles. The first-order chi connectivity index (χ1) is 10.8. The van der Waals surface area contributed by atoms with E-state index in [-0.39, 0.29) is 5.28 Å². The quantitative estimate of drug-likeness (QED) is 0.837. The van der Waals surface area contributed by atoms with E-state index in [9.17, 15) is 8.42 Å². The van der Waals surface area contributed by atoms with Crippen molar-refractivity contribution in [3.8, 4) is 0 Å². The molecule has 0 spiro atoms. The Morgan fingerprint density at radius 3 is 2.74 bits per heavy atom. The van der Waals surface area contributed by atoms with Crippen LogP contribution in [-0.4, -0.2) is 31.2 Å². The number of anilines is 3. The monoisotopic (exact) mass is 372 g/mol. The molecule has 0 aliphatic carbocycles. The van der Waals surface area contributed by atoms with Gasteiger partial charge in [-0.1, -0.05) is 17.7 Å². The maximum atomic E-state index is 12.1. The topological polar surface area (TPSA) is 75.2 Å². The minimum absolute atomic E-state index is 0.0561. The molecule has 0 fully saturated rings. The van der Waals surface area contributed by atoms with Gasteiger partial charge in [-0.05, 0) is 42.1 Å². The summed E-state index contributed by atoms with van der Waals surface area (Å²) < 4.78 is 25.5. The zero-order valence-corrected chi connectivity index (χ0v) is 14.8. The summed E-state index contributed by atoms with van der Waals surface area (Å²) in [5.41, 5.74) is 3.30. The summed E-state index contributed by atoms with van der Waals surface area (Å²) >= 11 is 11.9. The van der Waals surface area contributed by atoms with E-state index >= 15 is 0 Å². The normalized spacial score (nSPS) is 14.0. The Hall–Kier alpha value is -1.57. The number of aryl methyl sites for hydroxylation is 1. The van der Waals surface area contributed by atoms with Crippen LogP contribution in [0, 0.1) is 6.92 Å². The van der Waals surface area contributed by atoms with Crippen LogP contribution in [0.15, 0.2) is 18.3 Å². The maximum absolute atomic E-state index is 12.1. The number of nitrogens with zero attached hydrogens (tertiary/aromatic N) is 3. The first kappa shape index (κ1) is 16.3. The van der Waals surface area contributed by atoms with Gasteiger partial charge in [-0.25, -0.2) is 13.4 Å². The highest BCUT2D eigenvalue weighted by Gasteiger charge is 2.30. The fourth-order valence-electron chi connectivity index (χ4n) is 2.66. The van der Waals surface area contributed by atoms with Crippen molar-refractivity contribution in [2.45, 2.75) is 13.3 Å². The third kappa shape index (κ3) is 3.08. The Morgan fingerprint density at radius 2 is 2.04 bits per heavy atom. The predicted octanol–water partition coefficient (Wildman–Crippen LogP) is 3.16. The summed E-state index contributed by atoms with van der Waals surface area (Å²) in [6.07, 6.45) is 3.26. The molecule has 0 saturated carbocycles. The first-order valence-electron chi connectivity index (χ1n) is 6.82. The Bertz CT molecular complexity index is 887. The van der Waals surface area contributed by atoms with Gasteiger partial charge in [0.2, 0.25) is 15.3 Å². The summed E-state index contributed by atoms with van der Waals surface area (Å²) in [6.45, 7) is 2.38. The Kier molecular flexibility index (Phi) is 4.12. The third-order valence-electron chi connectivity index (χ3n) is 3.70. The van der Waals surface area contributed by atoms with Crippen LogP contribution in [0.2, 0.25) is 10.3 Å². The van der Waals surface area contributed by atoms with Gasteiger partial charge in [-0.3, -0.25) is 4.31 Å². The average molecular weight is 373 g/mol. The summed E-state index contributed by atoms with van der Waals surface area (Å²) in [5, 5.41) is 3.42. The van der Waals surface area contributed by atoms with Crippen LogP contribution in [0.5, 0.6) is 0 Å². The fourth-order valence-corrected chi connectivity index (χ4v) is 3.89. The number of fused-ring (bicyclic) bond motifs is 1. The van der Waals surface area contributed by atoms with Gasteiger partial charge in [-0.15, -0.1) is 0 Å². The molecule has 122 valence electrons. The summed E-state index contributed by atoms with van der Waals surface area (Å²) in [5.74, 6) is 0.332. The van der Waals surface area contributed by atoms with E-state index in [1.165, 1.54) is 16.8 Å². The largest absolute Gasteiger partial charge is 0.337 e. The molecule has 0 radical (unpaired) electrons. The summed E-state index contributed by atoms with van der Waals surface area (Å²) in [6, 6.07) is 3.74. The van der Waals surface area contributed by atoms with E-state index in [1.807, 2.05) is 19.1 Å². The van der Waals surface area contributed by atoms with E-state index in [0.717, 1.165) is 11.1 Å². The molecule has 23 heavy (non-hydrogen) atoms. The second-order valence-corrected chi connectivity index (χ2v) is 7.95. The lowest BCUT2D eigenvalue weighted by Gasteiger charge is -2.21. The highest BCUT2D eigenvalue weighted by molar-refractivity contribution is 7.92. The molecule has 2 aromatic rings. The Balaban J connectivity index is 2.11. The Morgan fingerprint density at radius 1 is 1.30 bits per heavy atom. The number of sulfonamides is 1. The zero-order valence-electron chi connectivity index (χ0n) is 12.5. The van der Waals surface area contributed by atoms with Crippen LogP contribution in [0.3, 0.4) is 0 Å². The highest BCUT2D eigenvalue weighted by Crippen LogP contribution is 2.40. The molecule has 1 N–H and O–H groups in total. The van der Waals surface area contributed by atoms with Gasteiger partial charge in [-0.2, -0.15) is 4.98 Å². The molecule has 0 atom stereocenters. The van der Waals surface area contributed by atoms with Crippen LogP contribution >= 0.6 is 23.2 Å². The van der Waals surface area contributed by atoms with Crippen molar-refractivity contribution in [2.75, 3.05) is 22.4 Å². The average Bonchev–Trinajstić information content (AvgIpc) is 2.92. The minimum Gasteiger partial charge on any atom is -0.337 e. The van der Waals surface area contributed by atoms with Gasteiger partial charge in [0.05, 0.1) is 23.8 Å². The number of benzene rings is 1. The number of rotatable bonds is 3. The van der Waals surface area contributed by atoms with Crippen molar-refractivity contribution in [1.29, 1.82) is 0 Å². The van der Waals surface area contributed by atoms with E-state index in [0.29, 0.717) is 35.2 Å². The summed E-state index contributed by atoms with van der Waals surface area (Å²) in [4.78, 5) is 7.84. The second kappa shape index (κ2) is 5.81. The lowest BCUT2D eigenvalue weighted by molar-refractivity contribution is 0.598. The number of hydrogen-bond donors (Lipinski definition) is 1. The lowest BCUT2D eigenvalue weighted by Crippen LogP contribution is -2.28.